The van der Waals surface area contributed by atoms with E-state index >= 15 is 0 Å². The van der Waals surface area contributed by atoms with Crippen LogP contribution in [0.2, 0.25) is 0 Å². The summed E-state index contributed by atoms with van der Waals surface area (Å²) in [5.41, 5.74) is 8.19. The van der Waals surface area contributed by atoms with Gasteiger partial charge in [-0.25, -0.2) is 0 Å². The number of anilines is 1. The third kappa shape index (κ3) is 3.59. The summed E-state index contributed by atoms with van der Waals surface area (Å²) in [6.07, 6.45) is 0. The minimum atomic E-state index is 0.0747. The Hall–Kier alpha value is -1.04. The molecule has 0 bridgehead atoms. The quantitative estimate of drug-likeness (QED) is 0.791. The molecule has 21 heavy (non-hydrogen) atoms. The van der Waals surface area contributed by atoms with Crippen molar-refractivity contribution >= 4 is 37.5 Å². The van der Waals surface area contributed by atoms with Crippen LogP contribution >= 0.6 is 31.9 Å². The fourth-order valence-electron chi connectivity index (χ4n) is 2.33. The standard InChI is InChI=1S/C16H18Br2N2O/c1-20(14-5-3-4-6-16(14)21-2)15(10-19)11-7-8-12(17)13(18)9-11/h3-9,15H,10,19H2,1-2H3. The fourth-order valence-corrected chi connectivity index (χ4v) is 2.97. The van der Waals surface area contributed by atoms with Crippen LogP contribution in [0.25, 0.3) is 0 Å². The van der Waals surface area contributed by atoms with Gasteiger partial charge in [0.05, 0.1) is 18.8 Å². The summed E-state index contributed by atoms with van der Waals surface area (Å²) in [6.45, 7) is 0.516. The molecule has 2 aromatic rings. The number of ether oxygens (including phenoxy) is 1. The normalized spacial score (nSPS) is 12.0. The van der Waals surface area contributed by atoms with Crippen LogP contribution in [0.15, 0.2) is 51.4 Å². The second-order valence-corrected chi connectivity index (χ2v) is 6.42. The van der Waals surface area contributed by atoms with Gasteiger partial charge in [0.15, 0.2) is 0 Å². The Morgan fingerprint density at radius 1 is 1.14 bits per heavy atom. The Morgan fingerprint density at radius 2 is 1.86 bits per heavy atom. The summed E-state index contributed by atoms with van der Waals surface area (Å²) in [5, 5.41) is 0. The van der Waals surface area contributed by atoms with Crippen LogP contribution in [0, 0.1) is 0 Å². The molecule has 5 heteroatoms. The number of likely N-dealkylation sites (N-methyl/N-ethyl adjacent to an activating group) is 1. The predicted molar refractivity (Wildman–Crippen MR) is 95.0 cm³/mol. The van der Waals surface area contributed by atoms with E-state index in [0.717, 1.165) is 25.9 Å². The van der Waals surface area contributed by atoms with Crippen molar-refractivity contribution in [2.75, 3.05) is 25.6 Å². The topological polar surface area (TPSA) is 38.5 Å². The third-order valence-corrected chi connectivity index (χ3v) is 5.36. The van der Waals surface area contributed by atoms with E-state index < -0.39 is 0 Å². The lowest BCUT2D eigenvalue weighted by Gasteiger charge is -2.30. The maximum Gasteiger partial charge on any atom is 0.142 e. The second kappa shape index (κ2) is 7.29. The number of hydrogen-bond acceptors (Lipinski definition) is 3. The van der Waals surface area contributed by atoms with Crippen molar-refractivity contribution in [3.63, 3.8) is 0 Å². The molecule has 112 valence electrons. The van der Waals surface area contributed by atoms with Crippen LogP contribution in [-0.2, 0) is 0 Å². The lowest BCUT2D eigenvalue weighted by atomic mass is 10.0. The molecule has 0 radical (unpaired) electrons. The van der Waals surface area contributed by atoms with Gasteiger partial charge in [-0.2, -0.15) is 0 Å². The average Bonchev–Trinajstić information content (AvgIpc) is 2.51. The number of halogens is 2. The molecule has 1 atom stereocenters. The lowest BCUT2D eigenvalue weighted by Crippen LogP contribution is -2.30. The van der Waals surface area contributed by atoms with E-state index in [9.17, 15) is 0 Å². The van der Waals surface area contributed by atoms with Gasteiger partial charge in [-0.15, -0.1) is 0 Å². The molecule has 0 amide bonds. The maximum atomic E-state index is 6.01. The first-order chi connectivity index (χ1) is 10.1. The van der Waals surface area contributed by atoms with Crippen molar-refractivity contribution in [3.8, 4) is 5.75 Å². The smallest absolute Gasteiger partial charge is 0.142 e. The van der Waals surface area contributed by atoms with Crippen molar-refractivity contribution in [3.05, 3.63) is 57.0 Å². The van der Waals surface area contributed by atoms with Gasteiger partial charge in [-0.3, -0.25) is 0 Å². The molecule has 0 aromatic heterocycles. The number of nitrogens with two attached hydrogens (primary N) is 1. The molecule has 0 fully saturated rings. The molecular formula is C16H18Br2N2O. The largest absolute Gasteiger partial charge is 0.495 e. The predicted octanol–water partition coefficient (Wildman–Crippen LogP) is 4.36. The zero-order valence-corrected chi connectivity index (χ0v) is 15.2. The van der Waals surface area contributed by atoms with Gasteiger partial charge in [-0.05, 0) is 61.7 Å². The SMILES string of the molecule is COc1ccccc1N(C)C(CN)c1ccc(Br)c(Br)c1. The molecule has 0 heterocycles. The van der Waals surface area contributed by atoms with E-state index in [0.29, 0.717) is 6.54 Å². The van der Waals surface area contributed by atoms with Gasteiger partial charge in [0.1, 0.15) is 5.75 Å². The van der Waals surface area contributed by atoms with Crippen molar-refractivity contribution in [2.45, 2.75) is 6.04 Å². The molecule has 3 nitrogen and oxygen atoms in total. The van der Waals surface area contributed by atoms with Gasteiger partial charge in [0.25, 0.3) is 0 Å². The number of rotatable bonds is 5. The van der Waals surface area contributed by atoms with E-state index in [2.05, 4.69) is 48.9 Å². The third-order valence-electron chi connectivity index (χ3n) is 3.48. The zero-order valence-electron chi connectivity index (χ0n) is 12.0. The highest BCUT2D eigenvalue weighted by molar-refractivity contribution is 9.13. The van der Waals surface area contributed by atoms with Crippen LogP contribution in [-0.4, -0.2) is 20.7 Å². The summed E-state index contributed by atoms with van der Waals surface area (Å²) in [7, 11) is 3.71. The number of nitrogens with zero attached hydrogens (tertiary/aromatic N) is 1. The van der Waals surface area contributed by atoms with E-state index in [1.807, 2.05) is 37.4 Å². The Morgan fingerprint density at radius 3 is 2.48 bits per heavy atom. The average molecular weight is 414 g/mol. The molecule has 0 spiro atoms. The van der Waals surface area contributed by atoms with Crippen LogP contribution < -0.4 is 15.4 Å². The molecule has 0 saturated carbocycles. The highest BCUT2D eigenvalue weighted by Gasteiger charge is 2.19. The Kier molecular flexibility index (Phi) is 5.67. The Bertz CT molecular complexity index is 619. The Balaban J connectivity index is 2.38. The van der Waals surface area contributed by atoms with Crippen LogP contribution in [0.3, 0.4) is 0 Å². The first kappa shape index (κ1) is 16.3. The molecule has 0 aliphatic carbocycles. The maximum absolute atomic E-state index is 6.01. The summed E-state index contributed by atoms with van der Waals surface area (Å²) < 4.78 is 7.49. The van der Waals surface area contributed by atoms with E-state index in [1.54, 1.807) is 7.11 Å². The minimum absolute atomic E-state index is 0.0747. The highest BCUT2D eigenvalue weighted by atomic mass is 79.9. The van der Waals surface area contributed by atoms with Crippen LogP contribution in [0.5, 0.6) is 5.75 Å². The zero-order chi connectivity index (χ0) is 15.4. The molecule has 0 saturated heterocycles. The van der Waals surface area contributed by atoms with Gasteiger partial charge in [0.2, 0.25) is 0 Å². The van der Waals surface area contributed by atoms with Crippen molar-refractivity contribution in [2.24, 2.45) is 5.73 Å². The van der Waals surface area contributed by atoms with E-state index in [4.69, 9.17) is 10.5 Å². The summed E-state index contributed by atoms with van der Waals surface area (Å²) in [4.78, 5) is 2.15. The molecule has 1 unspecified atom stereocenters. The summed E-state index contributed by atoms with van der Waals surface area (Å²) in [6, 6.07) is 14.2. The first-order valence-electron chi connectivity index (χ1n) is 6.59. The Labute approximate surface area is 142 Å². The number of benzene rings is 2. The highest BCUT2D eigenvalue weighted by Crippen LogP contribution is 2.34. The van der Waals surface area contributed by atoms with Crippen molar-refractivity contribution in [1.29, 1.82) is 0 Å². The summed E-state index contributed by atoms with van der Waals surface area (Å²) in [5.74, 6) is 0.842. The molecule has 0 aliphatic rings. The van der Waals surface area contributed by atoms with Crippen molar-refractivity contribution < 1.29 is 4.74 Å². The molecule has 2 aromatic carbocycles. The van der Waals surface area contributed by atoms with Gasteiger partial charge in [0, 0.05) is 22.5 Å². The van der Waals surface area contributed by atoms with E-state index in [-0.39, 0.29) is 6.04 Å². The van der Waals surface area contributed by atoms with Crippen LogP contribution in [0.4, 0.5) is 5.69 Å². The number of methoxy groups -OCH3 is 1. The molecular weight excluding hydrogens is 396 g/mol. The number of hydrogen-bond donors (Lipinski definition) is 1. The summed E-state index contributed by atoms with van der Waals surface area (Å²) >= 11 is 7.04. The monoisotopic (exact) mass is 412 g/mol. The van der Waals surface area contributed by atoms with E-state index in [1.165, 1.54) is 0 Å². The van der Waals surface area contributed by atoms with Gasteiger partial charge >= 0.3 is 0 Å². The van der Waals surface area contributed by atoms with Crippen molar-refractivity contribution in [1.82, 2.24) is 0 Å². The molecule has 2 rings (SSSR count). The van der Waals surface area contributed by atoms with Crippen LogP contribution in [0.1, 0.15) is 11.6 Å². The fraction of sp³-hybridized carbons (Fsp3) is 0.250. The number of para-hydroxylation sites is 2. The van der Waals surface area contributed by atoms with Gasteiger partial charge < -0.3 is 15.4 Å². The van der Waals surface area contributed by atoms with Gasteiger partial charge in [-0.1, -0.05) is 18.2 Å². The molecule has 0 aliphatic heterocycles. The minimum Gasteiger partial charge on any atom is -0.495 e. The lowest BCUT2D eigenvalue weighted by molar-refractivity contribution is 0.413. The first-order valence-corrected chi connectivity index (χ1v) is 8.18. The molecule has 2 N–H and O–H groups in total. The second-order valence-electron chi connectivity index (χ2n) is 4.71.